The van der Waals surface area contributed by atoms with Gasteiger partial charge in [-0.2, -0.15) is 0 Å². The number of carbonyl (C=O) groups is 1. The third-order valence-corrected chi connectivity index (χ3v) is 5.38. The van der Waals surface area contributed by atoms with E-state index in [1.807, 2.05) is 17.0 Å². The van der Waals surface area contributed by atoms with Gasteiger partial charge in [0, 0.05) is 56.9 Å². The predicted molar refractivity (Wildman–Crippen MR) is 96.9 cm³/mol. The lowest BCUT2D eigenvalue weighted by Crippen LogP contribution is -2.48. The van der Waals surface area contributed by atoms with Gasteiger partial charge in [0.1, 0.15) is 0 Å². The summed E-state index contributed by atoms with van der Waals surface area (Å²) in [4.78, 5) is 19.5. The minimum atomic E-state index is 0.139. The summed E-state index contributed by atoms with van der Waals surface area (Å²) < 4.78 is 0. The van der Waals surface area contributed by atoms with E-state index in [1.165, 1.54) is 5.56 Å². The van der Waals surface area contributed by atoms with Crippen LogP contribution in [0.1, 0.15) is 35.7 Å². The molecule has 2 heterocycles. The minimum Gasteiger partial charge on any atom is -0.336 e. The molecule has 0 radical (unpaired) electrons. The molecule has 0 unspecified atom stereocenters. The van der Waals surface area contributed by atoms with E-state index in [4.69, 9.17) is 5.73 Å². The number of hydrogen-bond donors (Lipinski definition) is 1. The van der Waals surface area contributed by atoms with E-state index in [9.17, 15) is 4.79 Å². The van der Waals surface area contributed by atoms with Crippen LogP contribution in [0.2, 0.25) is 0 Å². The van der Waals surface area contributed by atoms with Crippen LogP contribution in [0, 0.1) is 0 Å². The van der Waals surface area contributed by atoms with E-state index in [0.29, 0.717) is 0 Å². The smallest absolute Gasteiger partial charge is 0.254 e. The van der Waals surface area contributed by atoms with Crippen LogP contribution in [-0.4, -0.2) is 72.5 Å². The van der Waals surface area contributed by atoms with Gasteiger partial charge in [-0.05, 0) is 44.5 Å². The maximum absolute atomic E-state index is 12.7. The zero-order valence-electron chi connectivity index (χ0n) is 14.9. The van der Waals surface area contributed by atoms with Crippen molar-refractivity contribution in [2.45, 2.75) is 38.4 Å². The van der Waals surface area contributed by atoms with Crippen LogP contribution in [-0.2, 0) is 6.54 Å². The van der Waals surface area contributed by atoms with Gasteiger partial charge in [0.05, 0.1) is 0 Å². The number of hydrogen-bond acceptors (Lipinski definition) is 4. The summed E-state index contributed by atoms with van der Waals surface area (Å²) >= 11 is 0. The Morgan fingerprint density at radius 2 is 1.79 bits per heavy atom. The lowest BCUT2D eigenvalue weighted by atomic mass is 9.98. The Kier molecular flexibility index (Phi) is 5.54. The highest BCUT2D eigenvalue weighted by molar-refractivity contribution is 5.94. The average molecular weight is 330 g/mol. The fourth-order valence-electron chi connectivity index (χ4n) is 3.69. The van der Waals surface area contributed by atoms with Crippen LogP contribution < -0.4 is 5.73 Å². The highest BCUT2D eigenvalue weighted by Gasteiger charge is 2.27. The number of rotatable bonds is 3. The summed E-state index contributed by atoms with van der Waals surface area (Å²) in [5, 5.41) is 0. The first-order valence-electron chi connectivity index (χ1n) is 9.09. The fraction of sp³-hybridized carbons (Fsp3) is 0.632. The molecule has 132 valence electrons. The summed E-state index contributed by atoms with van der Waals surface area (Å²) in [5.74, 6) is 0.139. The zero-order valence-corrected chi connectivity index (χ0v) is 14.9. The SMILES string of the molecule is C[C@H]1C[C@@H](N)CCN1C(=O)c1ccc(CN2CCN(C)CC2)cc1. The molecule has 1 aromatic carbocycles. The van der Waals surface area contributed by atoms with Crippen molar-refractivity contribution in [2.24, 2.45) is 5.73 Å². The largest absolute Gasteiger partial charge is 0.336 e. The Bertz CT molecular complexity index is 551. The highest BCUT2D eigenvalue weighted by atomic mass is 16.2. The molecular formula is C19H30N4O. The van der Waals surface area contributed by atoms with Gasteiger partial charge in [0.2, 0.25) is 0 Å². The molecule has 0 saturated carbocycles. The van der Waals surface area contributed by atoms with E-state index < -0.39 is 0 Å². The maximum Gasteiger partial charge on any atom is 0.254 e. The molecule has 2 fully saturated rings. The summed E-state index contributed by atoms with van der Waals surface area (Å²) in [6.07, 6.45) is 1.80. The molecule has 0 aromatic heterocycles. The minimum absolute atomic E-state index is 0.139. The quantitative estimate of drug-likeness (QED) is 0.910. The Balaban J connectivity index is 1.58. The van der Waals surface area contributed by atoms with Crippen LogP contribution in [0.4, 0.5) is 0 Å². The second kappa shape index (κ2) is 7.64. The topological polar surface area (TPSA) is 52.8 Å². The first kappa shape index (κ1) is 17.4. The molecule has 5 nitrogen and oxygen atoms in total. The summed E-state index contributed by atoms with van der Waals surface area (Å²) in [6.45, 7) is 8.32. The third kappa shape index (κ3) is 4.15. The molecular weight excluding hydrogens is 300 g/mol. The maximum atomic E-state index is 12.7. The van der Waals surface area contributed by atoms with E-state index in [0.717, 1.165) is 57.7 Å². The van der Waals surface area contributed by atoms with Crippen molar-refractivity contribution in [1.82, 2.24) is 14.7 Å². The van der Waals surface area contributed by atoms with E-state index in [2.05, 4.69) is 35.9 Å². The monoisotopic (exact) mass is 330 g/mol. The van der Waals surface area contributed by atoms with Crippen LogP contribution in [0.3, 0.4) is 0 Å². The molecule has 1 aromatic rings. The number of nitrogens with two attached hydrogens (primary N) is 1. The van der Waals surface area contributed by atoms with Crippen LogP contribution in [0.15, 0.2) is 24.3 Å². The van der Waals surface area contributed by atoms with Crippen molar-refractivity contribution in [1.29, 1.82) is 0 Å². The van der Waals surface area contributed by atoms with Crippen molar-refractivity contribution >= 4 is 5.91 Å². The van der Waals surface area contributed by atoms with Crippen molar-refractivity contribution in [3.05, 3.63) is 35.4 Å². The van der Waals surface area contributed by atoms with E-state index in [-0.39, 0.29) is 18.0 Å². The fourth-order valence-corrected chi connectivity index (χ4v) is 3.69. The van der Waals surface area contributed by atoms with Gasteiger partial charge in [0.25, 0.3) is 5.91 Å². The number of piperazine rings is 1. The number of likely N-dealkylation sites (tertiary alicyclic amines) is 1. The first-order valence-corrected chi connectivity index (χ1v) is 9.09. The molecule has 3 rings (SSSR count). The Morgan fingerprint density at radius 3 is 2.42 bits per heavy atom. The lowest BCUT2D eigenvalue weighted by Gasteiger charge is -2.36. The van der Waals surface area contributed by atoms with Crippen molar-refractivity contribution in [2.75, 3.05) is 39.8 Å². The molecule has 2 aliphatic heterocycles. The van der Waals surface area contributed by atoms with Crippen LogP contribution in [0.5, 0.6) is 0 Å². The summed E-state index contributed by atoms with van der Waals surface area (Å²) in [7, 11) is 2.17. The van der Waals surface area contributed by atoms with Crippen molar-refractivity contribution < 1.29 is 4.79 Å². The zero-order chi connectivity index (χ0) is 17.1. The van der Waals surface area contributed by atoms with Crippen molar-refractivity contribution in [3.8, 4) is 0 Å². The Morgan fingerprint density at radius 1 is 1.12 bits per heavy atom. The normalized spacial score (nSPS) is 26.5. The van der Waals surface area contributed by atoms with Crippen LogP contribution >= 0.6 is 0 Å². The third-order valence-electron chi connectivity index (χ3n) is 5.38. The highest BCUT2D eigenvalue weighted by Crippen LogP contribution is 2.19. The summed E-state index contributed by atoms with van der Waals surface area (Å²) in [6, 6.07) is 8.63. The van der Waals surface area contributed by atoms with Gasteiger partial charge in [-0.25, -0.2) is 0 Å². The number of likely N-dealkylation sites (N-methyl/N-ethyl adjacent to an activating group) is 1. The standard InChI is InChI=1S/C19H30N4O/c1-15-13-18(20)7-8-23(15)19(24)17-5-3-16(4-6-17)14-22-11-9-21(2)10-12-22/h3-6,15,18H,7-14,20H2,1-2H3/t15-,18-/m0/s1. The average Bonchev–Trinajstić information content (AvgIpc) is 2.57. The molecule has 5 heteroatoms. The Hall–Kier alpha value is -1.43. The molecule has 2 N–H and O–H groups in total. The van der Waals surface area contributed by atoms with Gasteiger partial charge in [-0.15, -0.1) is 0 Å². The number of piperidine rings is 1. The summed E-state index contributed by atoms with van der Waals surface area (Å²) in [5.41, 5.74) is 8.07. The second-order valence-corrected chi connectivity index (χ2v) is 7.41. The molecule has 1 amide bonds. The first-order chi connectivity index (χ1) is 11.5. The lowest BCUT2D eigenvalue weighted by molar-refractivity contribution is 0.0619. The van der Waals surface area contributed by atoms with E-state index in [1.54, 1.807) is 0 Å². The molecule has 2 saturated heterocycles. The number of amides is 1. The van der Waals surface area contributed by atoms with Gasteiger partial charge in [-0.1, -0.05) is 12.1 Å². The van der Waals surface area contributed by atoms with Gasteiger partial charge < -0.3 is 15.5 Å². The molecule has 0 bridgehead atoms. The van der Waals surface area contributed by atoms with Gasteiger partial charge in [-0.3, -0.25) is 9.69 Å². The molecule has 0 spiro atoms. The van der Waals surface area contributed by atoms with Gasteiger partial charge in [0.15, 0.2) is 0 Å². The van der Waals surface area contributed by atoms with Crippen molar-refractivity contribution in [3.63, 3.8) is 0 Å². The molecule has 24 heavy (non-hydrogen) atoms. The van der Waals surface area contributed by atoms with E-state index >= 15 is 0 Å². The second-order valence-electron chi connectivity index (χ2n) is 7.41. The number of benzene rings is 1. The van der Waals surface area contributed by atoms with Gasteiger partial charge >= 0.3 is 0 Å². The Labute approximate surface area is 145 Å². The van der Waals surface area contributed by atoms with Crippen LogP contribution in [0.25, 0.3) is 0 Å². The molecule has 0 aliphatic carbocycles. The predicted octanol–water partition coefficient (Wildman–Crippen LogP) is 1.39. The number of nitrogens with zero attached hydrogens (tertiary/aromatic N) is 3. The molecule has 2 atom stereocenters. The number of carbonyl (C=O) groups excluding carboxylic acids is 1. The molecule has 2 aliphatic rings.